The number of fused-ring (bicyclic) bond motifs is 1. The second-order valence-electron chi connectivity index (χ2n) is 4.60. The monoisotopic (exact) mass is 217 g/mol. The Morgan fingerprint density at radius 2 is 2.31 bits per heavy atom. The zero-order valence-corrected chi connectivity index (χ0v) is 9.86. The first-order valence-electron chi connectivity index (χ1n) is 5.97. The molecule has 2 aliphatic rings. The number of likely N-dealkylation sites (tertiary alicyclic amines) is 1. The van der Waals surface area contributed by atoms with Crippen LogP contribution in [0.25, 0.3) is 0 Å². The SMILES string of the molecule is C=CC(=CC)CN1CC2CC=CCC2C1=O. The van der Waals surface area contributed by atoms with Crippen molar-refractivity contribution in [3.8, 4) is 0 Å². The molecule has 2 heteroatoms. The smallest absolute Gasteiger partial charge is 0.226 e. The highest BCUT2D eigenvalue weighted by atomic mass is 16.2. The molecule has 0 radical (unpaired) electrons. The zero-order valence-electron chi connectivity index (χ0n) is 9.86. The Hall–Kier alpha value is -1.31. The number of carbonyl (C=O) groups is 1. The summed E-state index contributed by atoms with van der Waals surface area (Å²) in [6.45, 7) is 7.41. The molecule has 0 aromatic heterocycles. The van der Waals surface area contributed by atoms with Crippen molar-refractivity contribution in [2.75, 3.05) is 13.1 Å². The standard InChI is InChI=1S/C14H19NO/c1-3-11(4-2)9-15-10-12-7-5-6-8-13(12)14(15)16/h3-6,12-13H,1,7-10H2,2H3. The Morgan fingerprint density at radius 1 is 1.56 bits per heavy atom. The van der Waals surface area contributed by atoms with Crippen LogP contribution in [0.5, 0.6) is 0 Å². The van der Waals surface area contributed by atoms with E-state index in [4.69, 9.17) is 0 Å². The third-order valence-electron chi connectivity index (χ3n) is 3.65. The molecule has 0 aromatic rings. The van der Waals surface area contributed by atoms with E-state index in [1.165, 1.54) is 0 Å². The van der Waals surface area contributed by atoms with Gasteiger partial charge in [-0.15, -0.1) is 0 Å². The third kappa shape index (κ3) is 1.97. The van der Waals surface area contributed by atoms with Crippen LogP contribution in [-0.4, -0.2) is 23.9 Å². The van der Waals surface area contributed by atoms with Gasteiger partial charge < -0.3 is 4.90 Å². The fourth-order valence-electron chi connectivity index (χ4n) is 2.62. The molecular formula is C14H19NO. The van der Waals surface area contributed by atoms with Crippen molar-refractivity contribution < 1.29 is 4.79 Å². The van der Waals surface area contributed by atoms with Crippen LogP contribution in [0.15, 0.2) is 36.5 Å². The summed E-state index contributed by atoms with van der Waals surface area (Å²) in [7, 11) is 0. The van der Waals surface area contributed by atoms with Gasteiger partial charge in [-0.25, -0.2) is 0 Å². The second kappa shape index (κ2) is 4.69. The van der Waals surface area contributed by atoms with Gasteiger partial charge in [-0.1, -0.05) is 30.9 Å². The molecule has 0 bridgehead atoms. The average molecular weight is 217 g/mol. The van der Waals surface area contributed by atoms with Crippen LogP contribution in [0.3, 0.4) is 0 Å². The molecule has 2 rings (SSSR count). The summed E-state index contributed by atoms with van der Waals surface area (Å²) in [5.74, 6) is 1.11. The number of rotatable bonds is 3. The molecule has 1 saturated heterocycles. The van der Waals surface area contributed by atoms with Gasteiger partial charge in [-0.05, 0) is 31.3 Å². The van der Waals surface area contributed by atoms with E-state index in [1.54, 1.807) is 0 Å². The van der Waals surface area contributed by atoms with Crippen molar-refractivity contribution in [1.29, 1.82) is 0 Å². The zero-order chi connectivity index (χ0) is 11.5. The van der Waals surface area contributed by atoms with Gasteiger partial charge in [-0.2, -0.15) is 0 Å². The van der Waals surface area contributed by atoms with E-state index in [-0.39, 0.29) is 5.92 Å². The topological polar surface area (TPSA) is 20.3 Å². The van der Waals surface area contributed by atoms with Gasteiger partial charge in [0.1, 0.15) is 0 Å². The molecule has 0 saturated carbocycles. The Labute approximate surface area is 97.3 Å². The maximum atomic E-state index is 12.1. The van der Waals surface area contributed by atoms with E-state index >= 15 is 0 Å². The second-order valence-corrected chi connectivity index (χ2v) is 4.60. The lowest BCUT2D eigenvalue weighted by Gasteiger charge is -2.16. The summed E-state index contributed by atoms with van der Waals surface area (Å²) in [5, 5.41) is 0. The van der Waals surface area contributed by atoms with Crippen molar-refractivity contribution in [1.82, 2.24) is 4.90 Å². The van der Waals surface area contributed by atoms with Gasteiger partial charge in [0.15, 0.2) is 0 Å². The lowest BCUT2D eigenvalue weighted by molar-refractivity contribution is -0.130. The predicted molar refractivity (Wildman–Crippen MR) is 65.9 cm³/mol. The maximum Gasteiger partial charge on any atom is 0.226 e. The minimum atomic E-state index is 0.243. The van der Waals surface area contributed by atoms with Crippen molar-refractivity contribution >= 4 is 5.91 Å². The van der Waals surface area contributed by atoms with E-state index < -0.39 is 0 Å². The van der Waals surface area contributed by atoms with Crippen molar-refractivity contribution in [2.45, 2.75) is 19.8 Å². The van der Waals surface area contributed by atoms with Crippen LogP contribution in [0, 0.1) is 11.8 Å². The number of amides is 1. The first kappa shape index (κ1) is 11.2. The Balaban J connectivity index is 2.04. The fraction of sp³-hybridized carbons (Fsp3) is 0.500. The minimum Gasteiger partial charge on any atom is -0.338 e. The van der Waals surface area contributed by atoms with E-state index in [0.717, 1.165) is 31.5 Å². The molecule has 0 spiro atoms. The van der Waals surface area contributed by atoms with Crippen LogP contribution >= 0.6 is 0 Å². The molecule has 1 aliphatic heterocycles. The van der Waals surface area contributed by atoms with Crippen molar-refractivity contribution in [3.63, 3.8) is 0 Å². The molecule has 16 heavy (non-hydrogen) atoms. The Bertz CT molecular complexity index is 354. The molecular weight excluding hydrogens is 198 g/mol. The largest absolute Gasteiger partial charge is 0.338 e. The van der Waals surface area contributed by atoms with Crippen molar-refractivity contribution in [2.24, 2.45) is 11.8 Å². The van der Waals surface area contributed by atoms with Crippen LogP contribution in [0.1, 0.15) is 19.8 Å². The lowest BCUT2D eigenvalue weighted by Crippen LogP contribution is -2.29. The molecule has 1 heterocycles. The van der Waals surface area contributed by atoms with E-state index in [0.29, 0.717) is 11.8 Å². The quantitative estimate of drug-likeness (QED) is 0.525. The predicted octanol–water partition coefficient (Wildman–Crippen LogP) is 2.54. The molecule has 2 unspecified atom stereocenters. The molecule has 2 atom stereocenters. The summed E-state index contributed by atoms with van der Waals surface area (Å²) < 4.78 is 0. The molecule has 0 N–H and O–H groups in total. The molecule has 86 valence electrons. The fourth-order valence-corrected chi connectivity index (χ4v) is 2.62. The van der Waals surface area contributed by atoms with Crippen LogP contribution in [0.4, 0.5) is 0 Å². The molecule has 1 amide bonds. The van der Waals surface area contributed by atoms with Gasteiger partial charge in [0.25, 0.3) is 0 Å². The van der Waals surface area contributed by atoms with Gasteiger partial charge >= 0.3 is 0 Å². The lowest BCUT2D eigenvalue weighted by atomic mass is 9.86. The summed E-state index contributed by atoms with van der Waals surface area (Å²) >= 11 is 0. The highest BCUT2D eigenvalue weighted by molar-refractivity contribution is 5.82. The Kier molecular flexibility index (Phi) is 3.28. The number of allylic oxidation sites excluding steroid dienone is 3. The van der Waals surface area contributed by atoms with E-state index in [1.807, 2.05) is 24.0 Å². The first-order chi connectivity index (χ1) is 7.76. The number of hydrogen-bond donors (Lipinski definition) is 0. The summed E-state index contributed by atoms with van der Waals surface area (Å²) in [5.41, 5.74) is 1.14. The third-order valence-corrected chi connectivity index (χ3v) is 3.65. The van der Waals surface area contributed by atoms with Gasteiger partial charge in [0.2, 0.25) is 5.91 Å². The number of nitrogens with zero attached hydrogens (tertiary/aromatic N) is 1. The van der Waals surface area contributed by atoms with Gasteiger partial charge in [0, 0.05) is 19.0 Å². The van der Waals surface area contributed by atoms with E-state index in [9.17, 15) is 4.79 Å². The Morgan fingerprint density at radius 3 is 2.94 bits per heavy atom. The minimum absolute atomic E-state index is 0.243. The molecule has 2 nitrogen and oxygen atoms in total. The summed E-state index contributed by atoms with van der Waals surface area (Å²) in [4.78, 5) is 14.1. The van der Waals surface area contributed by atoms with Gasteiger partial charge in [-0.3, -0.25) is 4.79 Å². The maximum absolute atomic E-state index is 12.1. The van der Waals surface area contributed by atoms with Crippen LogP contribution in [0.2, 0.25) is 0 Å². The summed E-state index contributed by atoms with van der Waals surface area (Å²) in [6, 6.07) is 0. The number of hydrogen-bond acceptors (Lipinski definition) is 1. The van der Waals surface area contributed by atoms with Gasteiger partial charge in [0.05, 0.1) is 0 Å². The normalized spacial score (nSPS) is 29.4. The first-order valence-corrected chi connectivity index (χ1v) is 5.97. The van der Waals surface area contributed by atoms with E-state index in [2.05, 4.69) is 18.7 Å². The summed E-state index contributed by atoms with van der Waals surface area (Å²) in [6.07, 6.45) is 10.2. The van der Waals surface area contributed by atoms with Crippen LogP contribution < -0.4 is 0 Å². The highest BCUT2D eigenvalue weighted by Crippen LogP contribution is 2.34. The molecule has 0 aromatic carbocycles. The molecule has 1 aliphatic carbocycles. The highest BCUT2D eigenvalue weighted by Gasteiger charge is 2.39. The average Bonchev–Trinajstić information content (AvgIpc) is 2.64. The molecule has 1 fully saturated rings. The van der Waals surface area contributed by atoms with Crippen molar-refractivity contribution in [3.05, 3.63) is 36.5 Å². The number of carbonyl (C=O) groups excluding carboxylic acids is 1. The van der Waals surface area contributed by atoms with Crippen LogP contribution in [-0.2, 0) is 4.79 Å².